The quantitative estimate of drug-likeness (QED) is 0.725. The molecule has 1 fully saturated rings. The lowest BCUT2D eigenvalue weighted by Gasteiger charge is -2.29. The maximum Gasteiger partial charge on any atom is 0.228 e. The molecule has 1 amide bonds. The summed E-state index contributed by atoms with van der Waals surface area (Å²) in [5.74, 6) is 0.298. The smallest absolute Gasteiger partial charge is 0.228 e. The lowest BCUT2D eigenvalue weighted by molar-refractivity contribution is -0.139. The molecule has 1 heterocycles. The van der Waals surface area contributed by atoms with Crippen LogP contribution in [0.2, 0.25) is 0 Å². The summed E-state index contributed by atoms with van der Waals surface area (Å²) in [4.78, 5) is 13.7. The second-order valence-corrected chi connectivity index (χ2v) is 4.51. The van der Waals surface area contributed by atoms with E-state index in [2.05, 4.69) is 15.9 Å². The maximum atomic E-state index is 11.9. The van der Waals surface area contributed by atoms with E-state index in [0.717, 1.165) is 24.8 Å². The monoisotopic (exact) mass is 263 g/mol. The van der Waals surface area contributed by atoms with Crippen molar-refractivity contribution in [2.75, 3.05) is 25.6 Å². The highest BCUT2D eigenvalue weighted by Gasteiger charge is 2.26. The molecular formula is C10H18BrNO2. The molecule has 1 aliphatic heterocycles. The average molecular weight is 264 g/mol. The van der Waals surface area contributed by atoms with Crippen molar-refractivity contribution in [2.45, 2.75) is 25.8 Å². The number of carbonyl (C=O) groups is 1. The van der Waals surface area contributed by atoms with Crippen molar-refractivity contribution in [1.29, 1.82) is 0 Å². The first-order chi connectivity index (χ1) is 6.66. The third kappa shape index (κ3) is 2.95. The van der Waals surface area contributed by atoms with Gasteiger partial charge in [-0.05, 0) is 19.8 Å². The molecule has 2 atom stereocenters. The second-order valence-electron chi connectivity index (χ2n) is 3.87. The zero-order valence-electron chi connectivity index (χ0n) is 8.83. The molecule has 1 rings (SSSR count). The Kier molecular flexibility index (Phi) is 4.89. The van der Waals surface area contributed by atoms with Crippen molar-refractivity contribution in [1.82, 2.24) is 4.90 Å². The van der Waals surface area contributed by atoms with Gasteiger partial charge in [0.1, 0.15) is 0 Å². The Balaban J connectivity index is 2.46. The van der Waals surface area contributed by atoms with E-state index in [0.29, 0.717) is 6.61 Å². The maximum absolute atomic E-state index is 11.9. The van der Waals surface area contributed by atoms with Crippen molar-refractivity contribution < 1.29 is 9.53 Å². The van der Waals surface area contributed by atoms with Gasteiger partial charge in [-0.1, -0.05) is 15.9 Å². The molecule has 0 aromatic rings. The third-order valence-corrected chi connectivity index (χ3v) is 3.68. The van der Waals surface area contributed by atoms with E-state index in [4.69, 9.17) is 4.74 Å². The SMILES string of the molecule is CC(CBr)N(C)C(=O)C1CCCOC1. The summed E-state index contributed by atoms with van der Waals surface area (Å²) in [5.41, 5.74) is 0. The minimum absolute atomic E-state index is 0.0789. The van der Waals surface area contributed by atoms with Crippen LogP contribution in [0, 0.1) is 5.92 Å². The molecule has 0 spiro atoms. The van der Waals surface area contributed by atoms with Crippen LogP contribution in [0.15, 0.2) is 0 Å². The molecule has 1 aliphatic rings. The number of alkyl halides is 1. The summed E-state index contributed by atoms with van der Waals surface area (Å²) in [5, 5.41) is 0.822. The summed E-state index contributed by atoms with van der Waals surface area (Å²) < 4.78 is 5.31. The summed E-state index contributed by atoms with van der Waals surface area (Å²) in [6, 6.07) is 0.254. The lowest BCUT2D eigenvalue weighted by atomic mass is 10.0. The molecule has 1 saturated heterocycles. The predicted octanol–water partition coefficient (Wildman–Crippen LogP) is 1.65. The molecule has 2 unspecified atom stereocenters. The van der Waals surface area contributed by atoms with Crippen LogP contribution in [-0.2, 0) is 9.53 Å². The van der Waals surface area contributed by atoms with Gasteiger partial charge < -0.3 is 9.64 Å². The van der Waals surface area contributed by atoms with Gasteiger partial charge in [-0.3, -0.25) is 4.79 Å². The molecule has 0 bridgehead atoms. The van der Waals surface area contributed by atoms with Crippen LogP contribution in [-0.4, -0.2) is 42.4 Å². The standard InChI is InChI=1S/C10H18BrNO2/c1-8(6-11)12(2)10(13)9-4-3-5-14-7-9/h8-9H,3-7H2,1-2H3. The molecule has 0 radical (unpaired) electrons. The fraction of sp³-hybridized carbons (Fsp3) is 0.900. The average Bonchev–Trinajstić information content (AvgIpc) is 2.27. The van der Waals surface area contributed by atoms with Crippen LogP contribution in [0.3, 0.4) is 0 Å². The normalized spacial score (nSPS) is 24.4. The number of hydrogen-bond acceptors (Lipinski definition) is 2. The van der Waals surface area contributed by atoms with Crippen molar-refractivity contribution in [3.05, 3.63) is 0 Å². The van der Waals surface area contributed by atoms with E-state index in [1.165, 1.54) is 0 Å². The topological polar surface area (TPSA) is 29.5 Å². The van der Waals surface area contributed by atoms with Crippen molar-refractivity contribution in [3.63, 3.8) is 0 Å². The van der Waals surface area contributed by atoms with Gasteiger partial charge >= 0.3 is 0 Å². The van der Waals surface area contributed by atoms with E-state index in [1.54, 1.807) is 0 Å². The molecule has 3 nitrogen and oxygen atoms in total. The number of hydrogen-bond donors (Lipinski definition) is 0. The largest absolute Gasteiger partial charge is 0.381 e. The number of carbonyl (C=O) groups excluding carboxylic acids is 1. The number of amides is 1. The highest BCUT2D eigenvalue weighted by atomic mass is 79.9. The van der Waals surface area contributed by atoms with Crippen LogP contribution in [0.5, 0.6) is 0 Å². The summed E-state index contributed by atoms with van der Waals surface area (Å²) >= 11 is 3.38. The molecule has 0 aliphatic carbocycles. The van der Waals surface area contributed by atoms with Crippen molar-refractivity contribution in [2.24, 2.45) is 5.92 Å². The first-order valence-electron chi connectivity index (χ1n) is 5.07. The van der Waals surface area contributed by atoms with Gasteiger partial charge in [0.15, 0.2) is 0 Å². The van der Waals surface area contributed by atoms with E-state index in [-0.39, 0.29) is 17.9 Å². The number of rotatable bonds is 3. The Bertz CT molecular complexity index is 189. The minimum atomic E-state index is 0.0789. The number of nitrogens with zero attached hydrogens (tertiary/aromatic N) is 1. The summed E-state index contributed by atoms with van der Waals surface area (Å²) in [6.45, 7) is 3.44. The summed E-state index contributed by atoms with van der Waals surface area (Å²) in [7, 11) is 1.86. The zero-order chi connectivity index (χ0) is 10.6. The Morgan fingerprint density at radius 3 is 2.93 bits per heavy atom. The van der Waals surface area contributed by atoms with E-state index >= 15 is 0 Å². The zero-order valence-corrected chi connectivity index (χ0v) is 10.4. The van der Waals surface area contributed by atoms with E-state index in [1.807, 2.05) is 18.9 Å². The molecule has 0 saturated carbocycles. The van der Waals surface area contributed by atoms with Gasteiger partial charge in [-0.2, -0.15) is 0 Å². The first kappa shape index (κ1) is 12.0. The Morgan fingerprint density at radius 2 is 2.43 bits per heavy atom. The van der Waals surface area contributed by atoms with Gasteiger partial charge in [0.05, 0.1) is 12.5 Å². The molecule has 4 heteroatoms. The third-order valence-electron chi connectivity index (χ3n) is 2.74. The van der Waals surface area contributed by atoms with Crippen molar-refractivity contribution in [3.8, 4) is 0 Å². The Morgan fingerprint density at radius 1 is 1.71 bits per heavy atom. The molecule has 0 N–H and O–H groups in total. The van der Waals surface area contributed by atoms with Gasteiger partial charge in [0, 0.05) is 25.0 Å². The highest BCUT2D eigenvalue weighted by molar-refractivity contribution is 9.09. The fourth-order valence-corrected chi connectivity index (χ4v) is 1.98. The van der Waals surface area contributed by atoms with Gasteiger partial charge in [0.2, 0.25) is 5.91 Å². The van der Waals surface area contributed by atoms with Gasteiger partial charge in [-0.15, -0.1) is 0 Å². The predicted molar refractivity (Wildman–Crippen MR) is 59.6 cm³/mol. The Hall–Kier alpha value is -0.0900. The van der Waals surface area contributed by atoms with Crippen LogP contribution in [0.4, 0.5) is 0 Å². The molecule has 82 valence electrons. The lowest BCUT2D eigenvalue weighted by Crippen LogP contribution is -2.42. The fourth-order valence-electron chi connectivity index (χ4n) is 1.54. The van der Waals surface area contributed by atoms with Gasteiger partial charge in [-0.25, -0.2) is 0 Å². The first-order valence-corrected chi connectivity index (χ1v) is 6.19. The molecular weight excluding hydrogens is 246 g/mol. The van der Waals surface area contributed by atoms with E-state index in [9.17, 15) is 4.79 Å². The Labute approximate surface area is 93.9 Å². The van der Waals surface area contributed by atoms with Gasteiger partial charge in [0.25, 0.3) is 0 Å². The molecule has 0 aromatic heterocycles. The van der Waals surface area contributed by atoms with Crippen LogP contribution in [0.25, 0.3) is 0 Å². The van der Waals surface area contributed by atoms with Crippen LogP contribution in [0.1, 0.15) is 19.8 Å². The van der Waals surface area contributed by atoms with E-state index < -0.39 is 0 Å². The highest BCUT2D eigenvalue weighted by Crippen LogP contribution is 2.17. The van der Waals surface area contributed by atoms with Crippen LogP contribution < -0.4 is 0 Å². The second kappa shape index (κ2) is 5.71. The number of halogens is 1. The summed E-state index contributed by atoms with van der Waals surface area (Å²) in [6.07, 6.45) is 1.98. The molecule has 14 heavy (non-hydrogen) atoms. The van der Waals surface area contributed by atoms with Crippen molar-refractivity contribution >= 4 is 21.8 Å². The molecule has 0 aromatic carbocycles. The minimum Gasteiger partial charge on any atom is -0.381 e. The van der Waals surface area contributed by atoms with Crippen LogP contribution >= 0.6 is 15.9 Å². The number of ether oxygens (including phenoxy) is 1.